The van der Waals surface area contributed by atoms with E-state index in [0.717, 1.165) is 12.8 Å². The molecule has 0 amide bonds. The molecule has 0 saturated heterocycles. The van der Waals surface area contributed by atoms with Crippen LogP contribution in [0, 0.1) is 0 Å². The van der Waals surface area contributed by atoms with E-state index >= 15 is 0 Å². The first-order valence-corrected chi connectivity index (χ1v) is 5.85. The summed E-state index contributed by atoms with van der Waals surface area (Å²) >= 11 is 0. The molecule has 0 fully saturated rings. The van der Waals surface area contributed by atoms with E-state index in [4.69, 9.17) is 9.84 Å². The normalized spacial score (nSPS) is 13.1. The van der Waals surface area contributed by atoms with Crippen LogP contribution in [-0.4, -0.2) is 31.0 Å². The van der Waals surface area contributed by atoms with Gasteiger partial charge in [0.1, 0.15) is 0 Å². The summed E-state index contributed by atoms with van der Waals surface area (Å²) in [5.74, 6) is -1.09. The van der Waals surface area contributed by atoms with Gasteiger partial charge in [-0.2, -0.15) is 5.11 Å². The van der Waals surface area contributed by atoms with E-state index in [-0.39, 0.29) is 0 Å². The third-order valence-corrected chi connectivity index (χ3v) is 2.21. The lowest BCUT2D eigenvalue weighted by Crippen LogP contribution is -2.21. The van der Waals surface area contributed by atoms with Crippen LogP contribution in [0.25, 0.3) is 0 Å². The minimum Gasteiger partial charge on any atom is -0.478 e. The standard InChI is InChI=1S/C11H22N2O3/c1-3-4-5-6-7-8-9-16-10(11(14)15)13-12-2/h10H,3-9H2,1-2H3,(H,14,15). The van der Waals surface area contributed by atoms with E-state index in [9.17, 15) is 4.79 Å². The summed E-state index contributed by atoms with van der Waals surface area (Å²) in [5.41, 5.74) is 0. The van der Waals surface area contributed by atoms with Crippen molar-refractivity contribution in [2.45, 2.75) is 51.7 Å². The molecule has 1 N–H and O–H groups in total. The summed E-state index contributed by atoms with van der Waals surface area (Å²) in [6, 6.07) is 0. The summed E-state index contributed by atoms with van der Waals surface area (Å²) < 4.78 is 5.09. The molecule has 0 spiro atoms. The van der Waals surface area contributed by atoms with Crippen molar-refractivity contribution in [1.29, 1.82) is 0 Å². The lowest BCUT2D eigenvalue weighted by Gasteiger charge is -2.07. The quantitative estimate of drug-likeness (QED) is 0.463. The minimum absolute atomic E-state index is 0.433. The number of rotatable bonds is 10. The van der Waals surface area contributed by atoms with Crippen molar-refractivity contribution in [1.82, 2.24) is 0 Å². The molecular weight excluding hydrogens is 208 g/mol. The van der Waals surface area contributed by atoms with Crippen LogP contribution in [0.4, 0.5) is 0 Å². The Hall–Kier alpha value is -0.970. The molecule has 5 heteroatoms. The first-order valence-electron chi connectivity index (χ1n) is 5.85. The number of hydrogen-bond donors (Lipinski definition) is 1. The fourth-order valence-electron chi connectivity index (χ4n) is 1.34. The highest BCUT2D eigenvalue weighted by atomic mass is 16.5. The maximum Gasteiger partial charge on any atom is 0.357 e. The number of unbranched alkanes of at least 4 members (excludes halogenated alkanes) is 5. The van der Waals surface area contributed by atoms with Crippen molar-refractivity contribution in [2.75, 3.05) is 13.7 Å². The lowest BCUT2D eigenvalue weighted by molar-refractivity contribution is -0.150. The second-order valence-corrected chi connectivity index (χ2v) is 3.64. The van der Waals surface area contributed by atoms with Crippen molar-refractivity contribution in [3.8, 4) is 0 Å². The zero-order valence-corrected chi connectivity index (χ0v) is 10.2. The molecule has 94 valence electrons. The molecule has 0 aliphatic rings. The van der Waals surface area contributed by atoms with Gasteiger partial charge in [-0.25, -0.2) is 4.79 Å². The molecule has 0 aromatic rings. The van der Waals surface area contributed by atoms with Gasteiger partial charge in [-0.3, -0.25) is 0 Å². The molecule has 1 atom stereocenters. The first kappa shape index (κ1) is 15.0. The number of hydrogen-bond acceptors (Lipinski definition) is 4. The van der Waals surface area contributed by atoms with Crippen molar-refractivity contribution in [3.63, 3.8) is 0 Å². The first-order chi connectivity index (χ1) is 7.72. The Balaban J connectivity index is 3.44. The number of carbonyl (C=O) groups is 1. The summed E-state index contributed by atoms with van der Waals surface area (Å²) in [5, 5.41) is 15.6. The van der Waals surface area contributed by atoms with Crippen molar-refractivity contribution < 1.29 is 14.6 Å². The predicted octanol–water partition coefficient (Wildman–Crippen LogP) is 2.86. The Morgan fingerprint density at radius 3 is 2.44 bits per heavy atom. The maximum atomic E-state index is 10.6. The van der Waals surface area contributed by atoms with Gasteiger partial charge in [0, 0.05) is 13.7 Å². The number of azo groups is 1. The Morgan fingerprint density at radius 2 is 1.88 bits per heavy atom. The minimum atomic E-state index is -1.14. The van der Waals surface area contributed by atoms with Crippen molar-refractivity contribution in [2.24, 2.45) is 10.2 Å². The highest BCUT2D eigenvalue weighted by Gasteiger charge is 2.15. The number of ether oxygens (including phenoxy) is 1. The van der Waals surface area contributed by atoms with Crippen LogP contribution in [0.5, 0.6) is 0 Å². The second-order valence-electron chi connectivity index (χ2n) is 3.64. The zero-order valence-electron chi connectivity index (χ0n) is 10.2. The molecule has 1 unspecified atom stereocenters. The molecular formula is C11H22N2O3. The van der Waals surface area contributed by atoms with E-state index in [2.05, 4.69) is 17.2 Å². The fraction of sp³-hybridized carbons (Fsp3) is 0.909. The average Bonchev–Trinajstić information content (AvgIpc) is 2.26. The smallest absolute Gasteiger partial charge is 0.357 e. The summed E-state index contributed by atoms with van der Waals surface area (Å²) in [6.07, 6.45) is 5.75. The van der Waals surface area contributed by atoms with Gasteiger partial charge in [-0.15, -0.1) is 5.11 Å². The Kier molecular flexibility index (Phi) is 9.91. The van der Waals surface area contributed by atoms with Gasteiger partial charge in [-0.05, 0) is 6.42 Å². The summed E-state index contributed by atoms with van der Waals surface area (Å²) in [7, 11) is 1.43. The largest absolute Gasteiger partial charge is 0.478 e. The number of carboxylic acid groups (broad SMARTS) is 1. The van der Waals surface area contributed by atoms with E-state index < -0.39 is 12.2 Å². The van der Waals surface area contributed by atoms with E-state index in [1.54, 1.807) is 0 Å². The van der Waals surface area contributed by atoms with Gasteiger partial charge in [-0.1, -0.05) is 39.0 Å². The highest BCUT2D eigenvalue weighted by molar-refractivity contribution is 5.71. The fourth-order valence-corrected chi connectivity index (χ4v) is 1.34. The van der Waals surface area contributed by atoms with Crippen LogP contribution in [0.3, 0.4) is 0 Å². The average molecular weight is 230 g/mol. The predicted molar refractivity (Wildman–Crippen MR) is 61.5 cm³/mol. The molecule has 0 heterocycles. The van der Waals surface area contributed by atoms with Crippen LogP contribution in [-0.2, 0) is 9.53 Å². The molecule has 0 bridgehead atoms. The van der Waals surface area contributed by atoms with Crippen LogP contribution in [0.15, 0.2) is 10.2 Å². The van der Waals surface area contributed by atoms with Crippen LogP contribution < -0.4 is 0 Å². The lowest BCUT2D eigenvalue weighted by atomic mass is 10.1. The molecule has 0 saturated carbocycles. The molecule has 0 aliphatic heterocycles. The van der Waals surface area contributed by atoms with Crippen molar-refractivity contribution >= 4 is 5.97 Å². The molecule has 5 nitrogen and oxygen atoms in total. The molecule has 0 aromatic carbocycles. The number of carboxylic acids is 1. The third kappa shape index (κ3) is 8.35. The van der Waals surface area contributed by atoms with Crippen molar-refractivity contribution in [3.05, 3.63) is 0 Å². The molecule has 16 heavy (non-hydrogen) atoms. The summed E-state index contributed by atoms with van der Waals surface area (Å²) in [4.78, 5) is 10.6. The van der Waals surface area contributed by atoms with Crippen LogP contribution in [0.1, 0.15) is 45.4 Å². The van der Waals surface area contributed by atoms with Crippen LogP contribution >= 0.6 is 0 Å². The Morgan fingerprint density at radius 1 is 1.25 bits per heavy atom. The van der Waals surface area contributed by atoms with E-state index in [0.29, 0.717) is 6.61 Å². The maximum absolute atomic E-state index is 10.6. The molecule has 0 aromatic heterocycles. The van der Waals surface area contributed by atoms with E-state index in [1.165, 1.54) is 32.7 Å². The highest BCUT2D eigenvalue weighted by Crippen LogP contribution is 2.06. The summed E-state index contributed by atoms with van der Waals surface area (Å²) in [6.45, 7) is 2.61. The van der Waals surface area contributed by atoms with Gasteiger partial charge in [0.25, 0.3) is 6.23 Å². The van der Waals surface area contributed by atoms with Gasteiger partial charge >= 0.3 is 5.97 Å². The third-order valence-electron chi connectivity index (χ3n) is 2.21. The SMILES string of the molecule is CCCCCCCCOC(N=NC)C(=O)O. The molecule has 0 radical (unpaired) electrons. The molecule has 0 rings (SSSR count). The second kappa shape index (κ2) is 10.5. The van der Waals surface area contributed by atoms with Gasteiger partial charge in [0.15, 0.2) is 0 Å². The van der Waals surface area contributed by atoms with Crippen LogP contribution in [0.2, 0.25) is 0 Å². The van der Waals surface area contributed by atoms with Gasteiger partial charge < -0.3 is 9.84 Å². The molecule has 0 aliphatic carbocycles. The van der Waals surface area contributed by atoms with Gasteiger partial charge in [0.2, 0.25) is 0 Å². The Labute approximate surface area is 96.9 Å². The zero-order chi connectivity index (χ0) is 12.2. The number of nitrogens with zero attached hydrogens (tertiary/aromatic N) is 2. The monoisotopic (exact) mass is 230 g/mol. The topological polar surface area (TPSA) is 71.2 Å². The van der Waals surface area contributed by atoms with Gasteiger partial charge in [0.05, 0.1) is 0 Å². The number of aliphatic carboxylic acids is 1. The Bertz CT molecular complexity index is 207. The van der Waals surface area contributed by atoms with E-state index in [1.807, 2.05) is 0 Å².